The fourth-order valence-corrected chi connectivity index (χ4v) is 10.2. The minimum absolute atomic E-state index is 0.0879. The van der Waals surface area contributed by atoms with E-state index in [2.05, 4.69) is 93.7 Å². The topological polar surface area (TPSA) is 78.9 Å². The van der Waals surface area contributed by atoms with Gasteiger partial charge in [0.1, 0.15) is 13.2 Å². The van der Waals surface area contributed by atoms with Crippen LogP contribution in [0.1, 0.15) is 361 Å². The van der Waals surface area contributed by atoms with Crippen molar-refractivity contribution in [2.45, 2.75) is 367 Å². The molecular weight excluding hydrogens is 985 g/mol. The van der Waals surface area contributed by atoms with Crippen LogP contribution in [0.3, 0.4) is 0 Å². The predicted molar refractivity (Wildman–Crippen MR) is 348 cm³/mol. The van der Waals surface area contributed by atoms with E-state index in [0.717, 1.165) is 109 Å². The molecule has 0 aromatic heterocycles. The quantitative estimate of drug-likeness (QED) is 0.0261. The Bertz CT molecular complexity index is 1470. The van der Waals surface area contributed by atoms with Gasteiger partial charge in [-0.3, -0.25) is 14.4 Å². The third-order valence-electron chi connectivity index (χ3n) is 15.4. The van der Waals surface area contributed by atoms with E-state index in [1.54, 1.807) is 0 Å². The summed E-state index contributed by atoms with van der Waals surface area (Å²) in [6.45, 7) is 6.48. The lowest BCUT2D eigenvalue weighted by atomic mass is 10.0. The van der Waals surface area contributed by atoms with Crippen molar-refractivity contribution < 1.29 is 28.6 Å². The maximum absolute atomic E-state index is 12.9. The van der Waals surface area contributed by atoms with E-state index in [9.17, 15) is 14.4 Å². The van der Waals surface area contributed by atoms with Crippen molar-refractivity contribution in [1.82, 2.24) is 0 Å². The van der Waals surface area contributed by atoms with Crippen molar-refractivity contribution in [2.75, 3.05) is 13.2 Å². The molecule has 0 aromatic rings. The van der Waals surface area contributed by atoms with Crippen LogP contribution in [0.2, 0.25) is 0 Å². The average molecular weight is 1120 g/mol. The first-order valence-corrected chi connectivity index (χ1v) is 34.9. The molecule has 0 aliphatic carbocycles. The molecule has 0 saturated heterocycles. The summed E-state index contributed by atoms with van der Waals surface area (Å²) in [6.07, 6.45) is 89.6. The van der Waals surface area contributed by atoms with Gasteiger partial charge < -0.3 is 14.2 Å². The summed E-state index contributed by atoms with van der Waals surface area (Å²) in [5.74, 6) is -0.918. The Morgan fingerprint density at radius 3 is 0.825 bits per heavy atom. The van der Waals surface area contributed by atoms with E-state index in [0.29, 0.717) is 19.3 Å². The SMILES string of the molecule is CC/C=C\C/C=C\C/C=C\CCCCCC(=O)OCC(COC(=O)CCCCCCCCCCCCCCCCCCCCCCCCC/C=C\CCCCCCCCCC)OC(=O)CCCCCCC/C=C\C/C=C\CCCC. The Kier molecular flexibility index (Phi) is 65.7. The summed E-state index contributed by atoms with van der Waals surface area (Å²) < 4.78 is 16.9. The van der Waals surface area contributed by atoms with E-state index in [4.69, 9.17) is 14.2 Å². The van der Waals surface area contributed by atoms with E-state index < -0.39 is 6.10 Å². The van der Waals surface area contributed by atoms with Gasteiger partial charge in [-0.25, -0.2) is 0 Å². The van der Waals surface area contributed by atoms with Crippen LogP contribution in [0.4, 0.5) is 0 Å². The maximum Gasteiger partial charge on any atom is 0.306 e. The van der Waals surface area contributed by atoms with Gasteiger partial charge in [-0.05, 0) is 103 Å². The molecule has 0 rings (SSSR count). The maximum atomic E-state index is 12.9. The first-order valence-electron chi connectivity index (χ1n) is 34.9. The molecule has 0 amide bonds. The largest absolute Gasteiger partial charge is 0.462 e. The highest BCUT2D eigenvalue weighted by molar-refractivity contribution is 5.71. The molecule has 0 N–H and O–H groups in total. The van der Waals surface area contributed by atoms with Gasteiger partial charge in [-0.1, -0.05) is 312 Å². The molecular formula is C74H132O6. The van der Waals surface area contributed by atoms with Crippen LogP contribution >= 0.6 is 0 Å². The number of carbonyl (C=O) groups is 3. The Morgan fingerprint density at radius 2 is 0.500 bits per heavy atom. The standard InChI is InChI=1S/C74H132O6/c1-4-7-10-13-16-19-22-25-27-28-29-30-31-32-33-34-35-36-37-38-39-40-41-42-43-44-45-46-47-50-52-55-58-61-64-67-73(76)79-70-71(69-78-72(75)66-63-60-57-54-51-48-24-21-18-15-12-9-6-3)80-74(77)68-65-62-59-56-53-49-26-23-20-17-14-11-8-5-2/h9,12,14,17-18,21,23,26,28-29,48,51,71H,4-8,10-11,13,15-16,19-20,22,24-25,27,30-47,49-50,52-70H2,1-3H3/b12-9-,17-14-,21-18-,26-23-,29-28-,51-48-. The van der Waals surface area contributed by atoms with E-state index in [1.807, 2.05) is 0 Å². The molecule has 0 aromatic carbocycles. The van der Waals surface area contributed by atoms with Crippen LogP contribution < -0.4 is 0 Å². The molecule has 0 heterocycles. The molecule has 0 radical (unpaired) electrons. The number of hydrogen-bond donors (Lipinski definition) is 0. The lowest BCUT2D eigenvalue weighted by Gasteiger charge is -2.18. The van der Waals surface area contributed by atoms with Crippen molar-refractivity contribution in [3.8, 4) is 0 Å². The Hall–Kier alpha value is -3.15. The van der Waals surface area contributed by atoms with Crippen LogP contribution in [-0.4, -0.2) is 37.2 Å². The number of esters is 3. The summed E-state index contributed by atoms with van der Waals surface area (Å²) in [7, 11) is 0. The lowest BCUT2D eigenvalue weighted by Crippen LogP contribution is -2.30. The second kappa shape index (κ2) is 68.3. The van der Waals surface area contributed by atoms with Gasteiger partial charge in [0, 0.05) is 19.3 Å². The molecule has 0 aliphatic rings. The van der Waals surface area contributed by atoms with Gasteiger partial charge in [0.25, 0.3) is 0 Å². The van der Waals surface area contributed by atoms with Gasteiger partial charge >= 0.3 is 17.9 Å². The molecule has 1 unspecified atom stereocenters. The predicted octanol–water partition coefficient (Wildman–Crippen LogP) is 24.1. The first kappa shape index (κ1) is 76.9. The van der Waals surface area contributed by atoms with Gasteiger partial charge in [-0.15, -0.1) is 0 Å². The third kappa shape index (κ3) is 65.7. The van der Waals surface area contributed by atoms with Crippen LogP contribution in [0.15, 0.2) is 72.9 Å². The summed E-state index contributed by atoms with van der Waals surface area (Å²) in [4.78, 5) is 38.2. The molecule has 80 heavy (non-hydrogen) atoms. The minimum atomic E-state index is -0.794. The average Bonchev–Trinajstić information content (AvgIpc) is 3.46. The number of ether oxygens (including phenoxy) is 3. The zero-order chi connectivity index (χ0) is 57.8. The highest BCUT2D eigenvalue weighted by Crippen LogP contribution is 2.18. The number of unbranched alkanes of at least 4 members (excludes halogenated alkanes) is 41. The van der Waals surface area contributed by atoms with Crippen molar-refractivity contribution in [3.63, 3.8) is 0 Å². The molecule has 0 aliphatic heterocycles. The van der Waals surface area contributed by atoms with Crippen molar-refractivity contribution in [2.24, 2.45) is 0 Å². The Labute approximate surface area is 497 Å². The number of carbonyl (C=O) groups excluding carboxylic acids is 3. The van der Waals surface area contributed by atoms with Crippen molar-refractivity contribution in [3.05, 3.63) is 72.9 Å². The summed E-state index contributed by atoms with van der Waals surface area (Å²) >= 11 is 0. The Balaban J connectivity index is 4.06. The van der Waals surface area contributed by atoms with Crippen LogP contribution in [-0.2, 0) is 28.6 Å². The summed E-state index contributed by atoms with van der Waals surface area (Å²) in [5, 5.41) is 0. The van der Waals surface area contributed by atoms with Crippen LogP contribution in [0, 0.1) is 0 Å². The molecule has 464 valence electrons. The zero-order valence-electron chi connectivity index (χ0n) is 53.3. The smallest absolute Gasteiger partial charge is 0.306 e. The number of rotatable bonds is 64. The van der Waals surface area contributed by atoms with Gasteiger partial charge in [0.2, 0.25) is 0 Å². The van der Waals surface area contributed by atoms with E-state index in [1.165, 1.54) is 212 Å². The fourth-order valence-electron chi connectivity index (χ4n) is 10.2. The van der Waals surface area contributed by atoms with Crippen molar-refractivity contribution >= 4 is 17.9 Å². The second-order valence-electron chi connectivity index (χ2n) is 23.4. The van der Waals surface area contributed by atoms with E-state index in [-0.39, 0.29) is 31.1 Å². The normalized spacial score (nSPS) is 12.5. The monoisotopic (exact) mass is 1120 g/mol. The highest BCUT2D eigenvalue weighted by atomic mass is 16.6. The highest BCUT2D eigenvalue weighted by Gasteiger charge is 2.19. The fraction of sp³-hybridized carbons (Fsp3) is 0.797. The molecule has 6 nitrogen and oxygen atoms in total. The molecule has 6 heteroatoms. The van der Waals surface area contributed by atoms with Crippen LogP contribution in [0.25, 0.3) is 0 Å². The van der Waals surface area contributed by atoms with E-state index >= 15 is 0 Å². The second-order valence-corrected chi connectivity index (χ2v) is 23.4. The van der Waals surface area contributed by atoms with Gasteiger partial charge in [0.15, 0.2) is 6.10 Å². The van der Waals surface area contributed by atoms with Crippen LogP contribution in [0.5, 0.6) is 0 Å². The molecule has 0 saturated carbocycles. The summed E-state index contributed by atoms with van der Waals surface area (Å²) in [5.41, 5.74) is 0. The molecule has 0 fully saturated rings. The molecule has 0 bridgehead atoms. The van der Waals surface area contributed by atoms with Gasteiger partial charge in [0.05, 0.1) is 0 Å². The Morgan fingerprint density at radius 1 is 0.263 bits per heavy atom. The van der Waals surface area contributed by atoms with Gasteiger partial charge in [-0.2, -0.15) is 0 Å². The number of hydrogen-bond acceptors (Lipinski definition) is 6. The molecule has 1 atom stereocenters. The third-order valence-corrected chi connectivity index (χ3v) is 15.4. The van der Waals surface area contributed by atoms with Crippen molar-refractivity contribution in [1.29, 1.82) is 0 Å². The number of allylic oxidation sites excluding steroid dienone is 12. The minimum Gasteiger partial charge on any atom is -0.462 e. The lowest BCUT2D eigenvalue weighted by molar-refractivity contribution is -0.167. The molecule has 0 spiro atoms. The summed E-state index contributed by atoms with van der Waals surface area (Å²) in [6, 6.07) is 0. The zero-order valence-corrected chi connectivity index (χ0v) is 53.3. The first-order chi connectivity index (χ1) is 39.5.